The number of Topliss-reactive ketones (excluding diaryl/α,β-unsaturated/α-hetero) is 1. The van der Waals surface area contributed by atoms with E-state index in [1.807, 2.05) is 0 Å². The van der Waals surface area contributed by atoms with Gasteiger partial charge in [-0.3, -0.25) is 9.59 Å². The van der Waals surface area contributed by atoms with Gasteiger partial charge < -0.3 is 24.1 Å². The molecule has 7 nitrogen and oxygen atoms in total. The molecule has 1 aliphatic rings. The zero-order valence-corrected chi connectivity index (χ0v) is 17.7. The SMILES string of the molecule is COc1cc2c(cc1CNC(=O)Cn1cc(C(=O)C(F)(F)F)c3ccccc31)OCCCO2. The lowest BCUT2D eigenvalue weighted by molar-refractivity contribution is -0.121. The summed E-state index contributed by atoms with van der Waals surface area (Å²) in [4.78, 5) is 24.4. The molecule has 0 radical (unpaired) electrons. The number of alkyl halides is 3. The predicted octanol–water partition coefficient (Wildman–Crippen LogP) is 3.87. The average Bonchev–Trinajstić information content (AvgIpc) is 2.98. The van der Waals surface area contributed by atoms with Gasteiger partial charge in [-0.25, -0.2) is 0 Å². The van der Waals surface area contributed by atoms with Gasteiger partial charge >= 0.3 is 6.18 Å². The number of hydrogen-bond acceptors (Lipinski definition) is 5. The van der Waals surface area contributed by atoms with Crippen molar-refractivity contribution in [2.45, 2.75) is 25.7 Å². The summed E-state index contributed by atoms with van der Waals surface area (Å²) in [5.41, 5.74) is 0.518. The van der Waals surface area contributed by atoms with Crippen LogP contribution in [0.4, 0.5) is 13.2 Å². The van der Waals surface area contributed by atoms with E-state index in [1.165, 1.54) is 23.8 Å². The molecule has 0 fully saturated rings. The Labute approximate surface area is 187 Å². The third-order valence-electron chi connectivity index (χ3n) is 5.23. The Balaban J connectivity index is 1.52. The second kappa shape index (κ2) is 9.05. The molecule has 0 bridgehead atoms. The molecule has 0 spiro atoms. The van der Waals surface area contributed by atoms with Crippen molar-refractivity contribution in [1.82, 2.24) is 9.88 Å². The van der Waals surface area contributed by atoms with Crippen LogP contribution in [0.1, 0.15) is 22.3 Å². The number of carbonyl (C=O) groups is 2. The minimum Gasteiger partial charge on any atom is -0.496 e. The quantitative estimate of drug-likeness (QED) is 0.563. The first-order valence-electron chi connectivity index (χ1n) is 10.2. The Morgan fingerprint density at radius 2 is 1.82 bits per heavy atom. The molecule has 0 saturated carbocycles. The van der Waals surface area contributed by atoms with E-state index in [9.17, 15) is 22.8 Å². The highest BCUT2D eigenvalue weighted by Crippen LogP contribution is 2.36. The van der Waals surface area contributed by atoms with Gasteiger partial charge in [0.2, 0.25) is 5.91 Å². The van der Waals surface area contributed by atoms with Crippen molar-refractivity contribution in [3.05, 3.63) is 53.7 Å². The number of ketones is 1. The van der Waals surface area contributed by atoms with Crippen molar-refractivity contribution < 1.29 is 37.0 Å². The molecular weight excluding hydrogens is 441 g/mol. The number of benzene rings is 2. The highest BCUT2D eigenvalue weighted by molar-refractivity contribution is 6.10. The molecule has 1 aromatic heterocycles. The van der Waals surface area contributed by atoms with Crippen LogP contribution in [0.25, 0.3) is 10.9 Å². The van der Waals surface area contributed by atoms with Crippen LogP contribution in [0.5, 0.6) is 17.2 Å². The van der Waals surface area contributed by atoms with Crippen LogP contribution in [0, 0.1) is 0 Å². The standard InChI is InChI=1S/C23H21F3N2O5/c1-31-18-10-20-19(32-7-4-8-33-20)9-14(18)11-27-21(29)13-28-12-16(22(30)23(24,25)26)15-5-2-3-6-17(15)28/h2-3,5-6,9-10,12H,4,7-8,11,13H2,1H3,(H,27,29). The van der Waals surface area contributed by atoms with Crippen molar-refractivity contribution in [3.8, 4) is 17.2 Å². The van der Waals surface area contributed by atoms with Gasteiger partial charge in [0.05, 0.1) is 25.9 Å². The molecule has 2 aromatic carbocycles. The van der Waals surface area contributed by atoms with E-state index in [0.717, 1.165) is 12.6 Å². The molecule has 1 aliphatic heterocycles. The van der Waals surface area contributed by atoms with E-state index in [1.54, 1.807) is 24.3 Å². The van der Waals surface area contributed by atoms with E-state index >= 15 is 0 Å². The first-order valence-corrected chi connectivity index (χ1v) is 10.2. The molecule has 1 N–H and O–H groups in total. The molecule has 0 unspecified atom stereocenters. The fourth-order valence-corrected chi connectivity index (χ4v) is 3.68. The van der Waals surface area contributed by atoms with Crippen LogP contribution < -0.4 is 19.5 Å². The molecule has 10 heteroatoms. The van der Waals surface area contributed by atoms with Crippen LogP contribution in [0.2, 0.25) is 0 Å². The van der Waals surface area contributed by atoms with Crippen molar-refractivity contribution in [2.75, 3.05) is 20.3 Å². The molecule has 4 rings (SSSR count). The summed E-state index contributed by atoms with van der Waals surface area (Å²) in [5.74, 6) is -0.793. The third kappa shape index (κ3) is 4.74. The van der Waals surface area contributed by atoms with E-state index in [-0.39, 0.29) is 18.5 Å². The van der Waals surface area contributed by atoms with E-state index in [0.29, 0.717) is 41.5 Å². The lowest BCUT2D eigenvalue weighted by atomic mass is 10.1. The smallest absolute Gasteiger partial charge is 0.454 e. The second-order valence-corrected chi connectivity index (χ2v) is 7.45. The first kappa shape index (κ1) is 22.5. The van der Waals surface area contributed by atoms with Crippen LogP contribution >= 0.6 is 0 Å². The number of amides is 1. The summed E-state index contributed by atoms with van der Waals surface area (Å²) in [6, 6.07) is 9.56. The maximum atomic E-state index is 13.0. The largest absolute Gasteiger partial charge is 0.496 e. The number of ether oxygens (including phenoxy) is 3. The van der Waals surface area contributed by atoms with E-state index < -0.39 is 23.4 Å². The van der Waals surface area contributed by atoms with Gasteiger partial charge in [0.15, 0.2) is 11.5 Å². The minimum atomic E-state index is -5.01. The fraction of sp³-hybridized carbons (Fsp3) is 0.304. The minimum absolute atomic E-state index is 0.103. The predicted molar refractivity (Wildman–Crippen MR) is 113 cm³/mol. The van der Waals surface area contributed by atoms with Crippen LogP contribution in [0.3, 0.4) is 0 Å². The molecular formula is C23H21F3N2O5. The Morgan fingerprint density at radius 3 is 2.52 bits per heavy atom. The Kier molecular flexibility index (Phi) is 6.17. The summed E-state index contributed by atoms with van der Waals surface area (Å²) < 4.78 is 57.0. The lowest BCUT2D eigenvalue weighted by Crippen LogP contribution is -2.27. The number of nitrogens with one attached hydrogen (secondary N) is 1. The summed E-state index contributed by atoms with van der Waals surface area (Å²) in [6.07, 6.45) is -3.20. The molecule has 174 valence electrons. The fourth-order valence-electron chi connectivity index (χ4n) is 3.68. The number of nitrogens with zero attached hydrogens (tertiary/aromatic N) is 1. The Morgan fingerprint density at radius 1 is 1.12 bits per heavy atom. The van der Waals surface area contributed by atoms with Gasteiger partial charge in [-0.1, -0.05) is 18.2 Å². The van der Waals surface area contributed by atoms with Crippen LogP contribution in [-0.2, 0) is 17.9 Å². The van der Waals surface area contributed by atoms with Crippen molar-refractivity contribution in [2.24, 2.45) is 0 Å². The van der Waals surface area contributed by atoms with Crippen molar-refractivity contribution >= 4 is 22.6 Å². The van der Waals surface area contributed by atoms with Gasteiger partial charge in [0, 0.05) is 41.7 Å². The second-order valence-electron chi connectivity index (χ2n) is 7.45. The van der Waals surface area contributed by atoms with Gasteiger partial charge in [-0.2, -0.15) is 13.2 Å². The monoisotopic (exact) mass is 462 g/mol. The number of carbonyl (C=O) groups excluding carboxylic acids is 2. The topological polar surface area (TPSA) is 78.8 Å². The number of aromatic nitrogens is 1. The number of para-hydroxylation sites is 1. The Bertz CT molecular complexity index is 1200. The zero-order chi connectivity index (χ0) is 23.6. The maximum absolute atomic E-state index is 13.0. The molecule has 0 aliphatic carbocycles. The molecule has 0 atom stereocenters. The summed E-state index contributed by atoms with van der Waals surface area (Å²) in [5, 5.41) is 2.87. The highest BCUT2D eigenvalue weighted by atomic mass is 19.4. The van der Waals surface area contributed by atoms with Crippen LogP contribution in [0.15, 0.2) is 42.6 Å². The van der Waals surface area contributed by atoms with Gasteiger partial charge in [-0.15, -0.1) is 0 Å². The van der Waals surface area contributed by atoms with Gasteiger partial charge in [-0.05, 0) is 12.1 Å². The summed E-state index contributed by atoms with van der Waals surface area (Å²) >= 11 is 0. The van der Waals surface area contributed by atoms with E-state index in [2.05, 4.69) is 5.32 Å². The number of halogens is 3. The van der Waals surface area contributed by atoms with Gasteiger partial charge in [0.25, 0.3) is 5.78 Å². The molecule has 2 heterocycles. The highest BCUT2D eigenvalue weighted by Gasteiger charge is 2.40. The zero-order valence-electron chi connectivity index (χ0n) is 17.7. The molecule has 0 saturated heterocycles. The summed E-state index contributed by atoms with van der Waals surface area (Å²) in [7, 11) is 1.50. The number of fused-ring (bicyclic) bond motifs is 2. The third-order valence-corrected chi connectivity index (χ3v) is 5.23. The molecule has 3 aromatic rings. The van der Waals surface area contributed by atoms with Crippen LogP contribution in [-0.4, -0.2) is 42.8 Å². The molecule has 1 amide bonds. The lowest BCUT2D eigenvalue weighted by Gasteiger charge is -2.14. The van der Waals surface area contributed by atoms with Crippen molar-refractivity contribution in [3.63, 3.8) is 0 Å². The normalized spacial score (nSPS) is 13.5. The number of methoxy groups -OCH3 is 1. The average molecular weight is 462 g/mol. The first-order chi connectivity index (χ1) is 15.8. The number of hydrogen-bond donors (Lipinski definition) is 1. The van der Waals surface area contributed by atoms with Gasteiger partial charge in [0.1, 0.15) is 12.3 Å². The molecule has 33 heavy (non-hydrogen) atoms. The van der Waals surface area contributed by atoms with Crippen molar-refractivity contribution in [1.29, 1.82) is 0 Å². The Hall–Kier alpha value is -3.69. The summed E-state index contributed by atoms with van der Waals surface area (Å²) in [6.45, 7) is 0.866. The number of rotatable bonds is 6. The maximum Gasteiger partial charge on any atom is 0.454 e. The van der Waals surface area contributed by atoms with E-state index in [4.69, 9.17) is 14.2 Å².